The number of nitrogens with zero attached hydrogens (tertiary/aromatic N) is 2. The van der Waals surface area contributed by atoms with Gasteiger partial charge in [-0.05, 0) is 43.3 Å². The predicted molar refractivity (Wildman–Crippen MR) is 85.5 cm³/mol. The van der Waals surface area contributed by atoms with E-state index in [1.165, 1.54) is 16.7 Å². The Morgan fingerprint density at radius 3 is 2.40 bits per heavy atom. The third kappa shape index (κ3) is 2.12. The van der Waals surface area contributed by atoms with Gasteiger partial charge >= 0.3 is 0 Å². The molecular formula is C16H17N3S. The molecule has 4 heteroatoms. The summed E-state index contributed by atoms with van der Waals surface area (Å²) in [6.45, 7) is 6.30. The molecule has 0 unspecified atom stereocenters. The fraction of sp³-hybridized carbons (Fsp3) is 0.188. The van der Waals surface area contributed by atoms with Crippen molar-refractivity contribution in [2.75, 3.05) is 5.73 Å². The van der Waals surface area contributed by atoms with E-state index in [0.717, 1.165) is 16.3 Å². The van der Waals surface area contributed by atoms with Gasteiger partial charge in [0.2, 0.25) is 0 Å². The predicted octanol–water partition coefficient (Wildman–Crippen LogP) is 4.11. The summed E-state index contributed by atoms with van der Waals surface area (Å²) in [5.41, 5.74) is 11.8. The Morgan fingerprint density at radius 2 is 1.80 bits per heavy atom. The lowest BCUT2D eigenvalue weighted by Crippen LogP contribution is -2.06. The van der Waals surface area contributed by atoms with Crippen molar-refractivity contribution >= 4 is 17.2 Å². The van der Waals surface area contributed by atoms with Crippen LogP contribution in [0.2, 0.25) is 0 Å². The average molecular weight is 283 g/mol. The Bertz CT molecular complexity index is 731. The fourth-order valence-corrected chi connectivity index (χ4v) is 3.31. The maximum absolute atomic E-state index is 6.16. The summed E-state index contributed by atoms with van der Waals surface area (Å²) in [7, 11) is 0. The molecule has 0 radical (unpaired) electrons. The van der Waals surface area contributed by atoms with Crippen molar-refractivity contribution < 1.29 is 0 Å². The van der Waals surface area contributed by atoms with E-state index < -0.39 is 0 Å². The minimum absolute atomic E-state index is 0.670. The molecule has 0 aliphatic carbocycles. The van der Waals surface area contributed by atoms with Crippen LogP contribution in [-0.2, 0) is 0 Å². The minimum atomic E-state index is 0.670. The number of aryl methyl sites for hydroxylation is 3. The zero-order valence-corrected chi connectivity index (χ0v) is 12.7. The zero-order chi connectivity index (χ0) is 14.3. The highest BCUT2D eigenvalue weighted by atomic mass is 32.1. The van der Waals surface area contributed by atoms with Crippen LogP contribution in [0.4, 0.5) is 5.82 Å². The van der Waals surface area contributed by atoms with Crippen molar-refractivity contribution in [3.63, 3.8) is 0 Å². The zero-order valence-electron chi connectivity index (χ0n) is 11.8. The highest BCUT2D eigenvalue weighted by Crippen LogP contribution is 2.29. The van der Waals surface area contributed by atoms with E-state index in [1.807, 2.05) is 22.2 Å². The molecule has 0 aliphatic rings. The summed E-state index contributed by atoms with van der Waals surface area (Å²) in [5, 5.41) is 6.72. The van der Waals surface area contributed by atoms with Crippen LogP contribution in [0.15, 0.2) is 35.7 Å². The molecule has 0 amide bonds. The van der Waals surface area contributed by atoms with Gasteiger partial charge in [-0.1, -0.05) is 23.8 Å². The number of nitrogen functional groups attached to an aromatic ring is 1. The largest absolute Gasteiger partial charge is 0.384 e. The molecule has 0 saturated heterocycles. The number of thiophene rings is 1. The topological polar surface area (TPSA) is 43.8 Å². The molecule has 20 heavy (non-hydrogen) atoms. The van der Waals surface area contributed by atoms with Crippen molar-refractivity contribution in [1.29, 1.82) is 0 Å². The highest BCUT2D eigenvalue weighted by molar-refractivity contribution is 7.13. The van der Waals surface area contributed by atoms with Crippen LogP contribution >= 0.6 is 11.3 Å². The molecule has 2 N–H and O–H groups in total. The number of nitrogens with two attached hydrogens (primary N) is 1. The van der Waals surface area contributed by atoms with Gasteiger partial charge in [-0.2, -0.15) is 5.10 Å². The quantitative estimate of drug-likeness (QED) is 0.769. The molecule has 0 spiro atoms. The maximum Gasteiger partial charge on any atom is 0.127 e. The Morgan fingerprint density at radius 1 is 1.10 bits per heavy atom. The Kier molecular flexibility index (Phi) is 3.10. The highest BCUT2D eigenvalue weighted by Gasteiger charge is 2.13. The SMILES string of the molecule is Cc1cc(C)c(-n2nc(-c3cccs3)cc2N)c(C)c1. The smallest absolute Gasteiger partial charge is 0.127 e. The van der Waals surface area contributed by atoms with Crippen LogP contribution in [0.3, 0.4) is 0 Å². The van der Waals surface area contributed by atoms with E-state index in [2.05, 4.69) is 44.1 Å². The summed E-state index contributed by atoms with van der Waals surface area (Å²) >= 11 is 1.67. The summed E-state index contributed by atoms with van der Waals surface area (Å²) in [5.74, 6) is 0.670. The van der Waals surface area contributed by atoms with Crippen LogP contribution < -0.4 is 5.73 Å². The first kappa shape index (κ1) is 12.9. The van der Waals surface area contributed by atoms with Gasteiger partial charge in [0.05, 0.1) is 10.6 Å². The first-order valence-electron chi connectivity index (χ1n) is 6.54. The van der Waals surface area contributed by atoms with E-state index in [0.29, 0.717) is 5.82 Å². The van der Waals surface area contributed by atoms with Gasteiger partial charge in [0.25, 0.3) is 0 Å². The molecule has 0 bridgehead atoms. The molecule has 3 rings (SSSR count). The van der Waals surface area contributed by atoms with Crippen molar-refractivity contribution in [1.82, 2.24) is 9.78 Å². The van der Waals surface area contributed by atoms with Crippen LogP contribution in [-0.4, -0.2) is 9.78 Å². The maximum atomic E-state index is 6.16. The molecule has 0 fully saturated rings. The van der Waals surface area contributed by atoms with Crippen molar-refractivity contribution in [2.24, 2.45) is 0 Å². The lowest BCUT2D eigenvalue weighted by molar-refractivity contribution is 0.878. The molecule has 3 nitrogen and oxygen atoms in total. The number of hydrogen-bond donors (Lipinski definition) is 1. The lowest BCUT2D eigenvalue weighted by atomic mass is 10.1. The van der Waals surface area contributed by atoms with Crippen LogP contribution in [0.25, 0.3) is 16.3 Å². The first-order valence-corrected chi connectivity index (χ1v) is 7.42. The third-order valence-corrected chi connectivity index (χ3v) is 4.25. The summed E-state index contributed by atoms with van der Waals surface area (Å²) in [6, 6.07) is 10.3. The number of anilines is 1. The molecule has 2 aromatic heterocycles. The molecule has 0 atom stereocenters. The van der Waals surface area contributed by atoms with Crippen molar-refractivity contribution in [2.45, 2.75) is 20.8 Å². The average Bonchev–Trinajstić information content (AvgIpc) is 2.98. The minimum Gasteiger partial charge on any atom is -0.384 e. The van der Waals surface area contributed by atoms with Gasteiger partial charge in [-0.15, -0.1) is 11.3 Å². The monoisotopic (exact) mass is 283 g/mol. The fourth-order valence-electron chi connectivity index (χ4n) is 2.63. The molecule has 0 saturated carbocycles. The van der Waals surface area contributed by atoms with Crippen LogP contribution in [0, 0.1) is 20.8 Å². The van der Waals surface area contributed by atoms with Crippen molar-refractivity contribution in [3.05, 3.63) is 52.4 Å². The Labute approximate surface area is 122 Å². The van der Waals surface area contributed by atoms with E-state index >= 15 is 0 Å². The van der Waals surface area contributed by atoms with E-state index in [1.54, 1.807) is 11.3 Å². The normalized spacial score (nSPS) is 10.9. The second kappa shape index (κ2) is 4.80. The second-order valence-corrected chi connectivity index (χ2v) is 6.04. The Hall–Kier alpha value is -2.07. The van der Waals surface area contributed by atoms with Gasteiger partial charge in [0.1, 0.15) is 11.5 Å². The molecule has 3 aromatic rings. The van der Waals surface area contributed by atoms with Gasteiger partial charge in [0, 0.05) is 6.07 Å². The molecule has 1 aromatic carbocycles. The number of hydrogen-bond acceptors (Lipinski definition) is 3. The summed E-state index contributed by atoms with van der Waals surface area (Å²) in [6.07, 6.45) is 0. The van der Waals surface area contributed by atoms with Crippen LogP contribution in [0.1, 0.15) is 16.7 Å². The molecule has 0 aliphatic heterocycles. The number of rotatable bonds is 2. The van der Waals surface area contributed by atoms with Gasteiger partial charge in [-0.25, -0.2) is 4.68 Å². The summed E-state index contributed by atoms with van der Waals surface area (Å²) in [4.78, 5) is 1.14. The first-order chi connectivity index (χ1) is 9.56. The molecule has 102 valence electrons. The molecule has 2 heterocycles. The lowest BCUT2D eigenvalue weighted by Gasteiger charge is -2.12. The van der Waals surface area contributed by atoms with Crippen LogP contribution in [0.5, 0.6) is 0 Å². The van der Waals surface area contributed by atoms with Gasteiger partial charge in [0.15, 0.2) is 0 Å². The van der Waals surface area contributed by atoms with Gasteiger partial charge in [-0.3, -0.25) is 0 Å². The van der Waals surface area contributed by atoms with Gasteiger partial charge < -0.3 is 5.73 Å². The third-order valence-electron chi connectivity index (χ3n) is 3.36. The Balaban J connectivity index is 2.17. The van der Waals surface area contributed by atoms with E-state index in [9.17, 15) is 0 Å². The van der Waals surface area contributed by atoms with E-state index in [-0.39, 0.29) is 0 Å². The van der Waals surface area contributed by atoms with E-state index in [4.69, 9.17) is 5.73 Å². The number of benzene rings is 1. The van der Waals surface area contributed by atoms with Crippen molar-refractivity contribution in [3.8, 4) is 16.3 Å². The standard InChI is InChI=1S/C16H17N3S/c1-10-7-11(2)16(12(3)8-10)19-15(17)9-13(18-19)14-5-4-6-20-14/h4-9H,17H2,1-3H3. The second-order valence-electron chi connectivity index (χ2n) is 5.09. The number of aromatic nitrogens is 2. The summed E-state index contributed by atoms with van der Waals surface area (Å²) < 4.78 is 1.85. The molecular weight excluding hydrogens is 266 g/mol.